The Morgan fingerprint density at radius 3 is 1.75 bits per heavy atom. The van der Waals surface area contributed by atoms with Gasteiger partial charge in [-0.1, -0.05) is 28.2 Å². The summed E-state index contributed by atoms with van der Waals surface area (Å²) in [6.45, 7) is 24.4. The Bertz CT molecular complexity index is 337. The molecule has 0 N–H and O–H groups in total. The fourth-order valence-corrected chi connectivity index (χ4v) is 3.85. The second-order valence-electron chi connectivity index (χ2n) is 10.1. The third kappa shape index (κ3) is 7.41. The second-order valence-corrected chi connectivity index (χ2v) is 10.1. The molecular weight excluding hydrogens is 294 g/mol. The molecule has 0 atom stereocenters. The van der Waals surface area contributed by atoms with Gasteiger partial charge in [0.2, 0.25) is 0 Å². The number of hydrogen-bond acceptors (Lipinski definition) is 3. The first-order valence-corrected chi connectivity index (χ1v) is 9.83. The molecule has 0 bridgehead atoms. The number of piperazine rings is 1. The lowest BCUT2D eigenvalue weighted by molar-refractivity contribution is 0.0473. The molecular formula is C21H45N3. The van der Waals surface area contributed by atoms with Crippen LogP contribution < -0.4 is 0 Å². The molecule has 0 saturated carbocycles. The van der Waals surface area contributed by atoms with E-state index in [0.29, 0.717) is 11.0 Å². The molecule has 2 rings (SSSR count). The summed E-state index contributed by atoms with van der Waals surface area (Å²) >= 11 is 0. The van der Waals surface area contributed by atoms with E-state index in [9.17, 15) is 0 Å². The van der Waals surface area contributed by atoms with Crippen molar-refractivity contribution in [3.8, 4) is 0 Å². The fourth-order valence-electron chi connectivity index (χ4n) is 3.85. The molecule has 0 aromatic carbocycles. The zero-order valence-corrected chi connectivity index (χ0v) is 16.7. The minimum atomic E-state index is 0. The van der Waals surface area contributed by atoms with Gasteiger partial charge in [0, 0.05) is 38.3 Å². The first-order chi connectivity index (χ1) is 10.6. The summed E-state index contributed by atoms with van der Waals surface area (Å²) in [7, 11) is 0. The van der Waals surface area contributed by atoms with Crippen molar-refractivity contribution in [3.63, 3.8) is 0 Å². The van der Waals surface area contributed by atoms with Crippen molar-refractivity contribution in [2.75, 3.05) is 52.4 Å². The van der Waals surface area contributed by atoms with Crippen LogP contribution in [0.25, 0.3) is 0 Å². The Labute approximate surface area is 152 Å². The maximum atomic E-state index is 2.72. The summed E-state index contributed by atoms with van der Waals surface area (Å²) in [5.41, 5.74) is 0.814. The highest BCUT2D eigenvalue weighted by atomic mass is 15.3. The van der Waals surface area contributed by atoms with Crippen LogP contribution in [-0.2, 0) is 0 Å². The third-order valence-corrected chi connectivity index (χ3v) is 5.72. The van der Waals surface area contributed by atoms with Crippen LogP contribution in [-0.4, -0.2) is 72.6 Å². The summed E-state index contributed by atoms with van der Waals surface area (Å²) in [6.07, 6.45) is 4.14. The number of hydrogen-bond donors (Lipinski definition) is 0. The zero-order valence-electron chi connectivity index (χ0n) is 16.7. The molecule has 0 radical (unpaired) electrons. The molecule has 2 fully saturated rings. The summed E-state index contributed by atoms with van der Waals surface area (Å²) in [4.78, 5) is 8.05. The predicted molar refractivity (Wildman–Crippen MR) is 108 cm³/mol. The average molecular weight is 340 g/mol. The first kappa shape index (κ1) is 21.9. The average Bonchev–Trinajstić information content (AvgIpc) is 2.45. The first-order valence-electron chi connectivity index (χ1n) is 9.83. The van der Waals surface area contributed by atoms with Crippen molar-refractivity contribution in [2.45, 2.75) is 73.8 Å². The minimum Gasteiger partial charge on any atom is -0.303 e. The Hall–Kier alpha value is -0.120. The lowest BCUT2D eigenvalue weighted by Crippen LogP contribution is -2.54. The Kier molecular flexibility index (Phi) is 8.22. The molecule has 0 aliphatic carbocycles. The van der Waals surface area contributed by atoms with E-state index in [-0.39, 0.29) is 7.43 Å². The minimum absolute atomic E-state index is 0. The van der Waals surface area contributed by atoms with E-state index < -0.39 is 0 Å². The number of likely N-dealkylation sites (tertiary alicyclic amines) is 1. The highest BCUT2D eigenvalue weighted by Gasteiger charge is 2.28. The van der Waals surface area contributed by atoms with E-state index in [0.717, 1.165) is 5.92 Å². The molecule has 0 amide bonds. The SMILES string of the molecule is C.CC(C)(C)CCN1CCC(CN2CCN(C(C)(C)C)CC2)CC1. The van der Waals surface area contributed by atoms with E-state index in [1.165, 1.54) is 71.6 Å². The Balaban J connectivity index is 0.00000288. The molecule has 24 heavy (non-hydrogen) atoms. The molecule has 2 aliphatic rings. The van der Waals surface area contributed by atoms with Crippen molar-refractivity contribution in [1.82, 2.24) is 14.7 Å². The fraction of sp³-hybridized carbons (Fsp3) is 1.00. The quantitative estimate of drug-likeness (QED) is 0.760. The van der Waals surface area contributed by atoms with Crippen LogP contribution in [0.1, 0.15) is 68.2 Å². The van der Waals surface area contributed by atoms with Gasteiger partial charge in [0.25, 0.3) is 0 Å². The van der Waals surface area contributed by atoms with Gasteiger partial charge >= 0.3 is 0 Å². The lowest BCUT2D eigenvalue weighted by atomic mass is 9.90. The van der Waals surface area contributed by atoms with Crippen LogP contribution in [0.3, 0.4) is 0 Å². The largest absolute Gasteiger partial charge is 0.303 e. The molecule has 0 spiro atoms. The Morgan fingerprint density at radius 1 is 0.750 bits per heavy atom. The molecule has 0 aromatic rings. The lowest BCUT2D eigenvalue weighted by Gasteiger charge is -2.43. The normalized spacial score (nSPS) is 23.2. The van der Waals surface area contributed by atoms with Crippen molar-refractivity contribution >= 4 is 0 Å². The predicted octanol–water partition coefficient (Wildman–Crippen LogP) is 4.19. The molecule has 144 valence electrons. The summed E-state index contributed by atoms with van der Waals surface area (Å²) in [5, 5.41) is 0. The molecule has 0 unspecified atom stereocenters. The molecule has 3 heteroatoms. The van der Waals surface area contributed by atoms with Gasteiger partial charge in [0.1, 0.15) is 0 Å². The van der Waals surface area contributed by atoms with Crippen LogP contribution in [0.5, 0.6) is 0 Å². The summed E-state index contributed by atoms with van der Waals surface area (Å²) in [5.74, 6) is 0.932. The van der Waals surface area contributed by atoms with Crippen molar-refractivity contribution in [1.29, 1.82) is 0 Å². The van der Waals surface area contributed by atoms with Crippen LogP contribution in [0.4, 0.5) is 0 Å². The smallest absolute Gasteiger partial charge is 0.0126 e. The molecule has 0 aromatic heterocycles. The summed E-state index contributed by atoms with van der Waals surface area (Å²) < 4.78 is 0. The number of nitrogens with zero attached hydrogens (tertiary/aromatic N) is 3. The van der Waals surface area contributed by atoms with Gasteiger partial charge in [-0.3, -0.25) is 4.90 Å². The number of rotatable bonds is 4. The third-order valence-electron chi connectivity index (χ3n) is 5.72. The maximum Gasteiger partial charge on any atom is 0.0126 e. The van der Waals surface area contributed by atoms with Gasteiger partial charge in [-0.15, -0.1) is 0 Å². The van der Waals surface area contributed by atoms with E-state index >= 15 is 0 Å². The van der Waals surface area contributed by atoms with Crippen molar-refractivity contribution < 1.29 is 0 Å². The van der Waals surface area contributed by atoms with E-state index in [1.54, 1.807) is 0 Å². The van der Waals surface area contributed by atoms with Crippen molar-refractivity contribution in [3.05, 3.63) is 0 Å². The highest BCUT2D eigenvalue weighted by molar-refractivity contribution is 4.84. The van der Waals surface area contributed by atoms with Crippen LogP contribution in [0.2, 0.25) is 0 Å². The standard InChI is InChI=1S/C20H41N3.CH4/c1-19(2,3)9-12-21-10-7-18(8-11-21)17-22-13-15-23(16-14-22)20(4,5)6;/h18H,7-17H2,1-6H3;1H4. The highest BCUT2D eigenvalue weighted by Crippen LogP contribution is 2.24. The molecule has 2 heterocycles. The summed E-state index contributed by atoms with van der Waals surface area (Å²) in [6, 6.07) is 0. The van der Waals surface area contributed by atoms with Gasteiger partial charge in [0.15, 0.2) is 0 Å². The van der Waals surface area contributed by atoms with Gasteiger partial charge < -0.3 is 9.80 Å². The topological polar surface area (TPSA) is 9.72 Å². The van der Waals surface area contributed by atoms with Crippen LogP contribution >= 0.6 is 0 Å². The molecule has 2 aliphatic heterocycles. The van der Waals surface area contributed by atoms with Gasteiger partial charge in [-0.05, 0) is 71.0 Å². The van der Waals surface area contributed by atoms with Crippen molar-refractivity contribution in [2.24, 2.45) is 11.3 Å². The number of piperidine rings is 1. The maximum absolute atomic E-state index is 2.72. The van der Waals surface area contributed by atoms with Gasteiger partial charge in [-0.2, -0.15) is 0 Å². The second kappa shape index (κ2) is 9.00. The Morgan fingerprint density at radius 2 is 1.29 bits per heavy atom. The molecule has 3 nitrogen and oxygen atoms in total. The molecule has 2 saturated heterocycles. The van der Waals surface area contributed by atoms with E-state index in [2.05, 4.69) is 56.2 Å². The zero-order chi connectivity index (χ0) is 17.1. The van der Waals surface area contributed by atoms with E-state index in [4.69, 9.17) is 0 Å². The van der Waals surface area contributed by atoms with Gasteiger partial charge in [0.05, 0.1) is 0 Å². The van der Waals surface area contributed by atoms with Gasteiger partial charge in [-0.25, -0.2) is 0 Å². The van der Waals surface area contributed by atoms with E-state index in [1.807, 2.05) is 0 Å². The van der Waals surface area contributed by atoms with Crippen LogP contribution in [0.15, 0.2) is 0 Å². The monoisotopic (exact) mass is 339 g/mol. The van der Waals surface area contributed by atoms with Crippen LogP contribution in [0, 0.1) is 11.3 Å².